The van der Waals surface area contributed by atoms with Crippen molar-refractivity contribution in [1.82, 2.24) is 14.9 Å². The number of nitrogens with one attached hydrogen (secondary N) is 3. The number of rotatable bonds is 5. The van der Waals surface area contributed by atoms with E-state index in [2.05, 4.69) is 19.6 Å². The second-order valence-electron chi connectivity index (χ2n) is 6.81. The van der Waals surface area contributed by atoms with Crippen LogP contribution in [0.1, 0.15) is 5.56 Å². The van der Waals surface area contributed by atoms with E-state index in [-0.39, 0.29) is 15.8 Å². The van der Waals surface area contributed by atoms with Crippen molar-refractivity contribution in [3.05, 3.63) is 68.9 Å². The second kappa shape index (κ2) is 7.82. The molecule has 0 atom stereocenters. The average Bonchev–Trinajstić information content (AvgIpc) is 2.70. The molecule has 9 nitrogen and oxygen atoms in total. The number of sulfonamides is 1. The van der Waals surface area contributed by atoms with Gasteiger partial charge < -0.3 is 9.72 Å². The van der Waals surface area contributed by atoms with Crippen LogP contribution in [0.5, 0.6) is 0 Å². The van der Waals surface area contributed by atoms with Crippen LogP contribution in [0.25, 0.3) is 10.9 Å². The molecule has 1 fully saturated rings. The Labute approximate surface area is 166 Å². The summed E-state index contributed by atoms with van der Waals surface area (Å²) in [5.74, 6) is 0. The summed E-state index contributed by atoms with van der Waals surface area (Å²) in [5, 5.41) is 0.0911. The van der Waals surface area contributed by atoms with E-state index in [1.54, 1.807) is 12.1 Å². The maximum absolute atomic E-state index is 12.7. The van der Waals surface area contributed by atoms with Gasteiger partial charge in [-0.2, -0.15) is 0 Å². The van der Waals surface area contributed by atoms with Gasteiger partial charge in [0.25, 0.3) is 15.6 Å². The van der Waals surface area contributed by atoms with Crippen molar-refractivity contribution in [2.75, 3.05) is 31.0 Å². The Kier molecular flexibility index (Phi) is 5.22. The zero-order chi connectivity index (χ0) is 20.4. The number of H-pyrrole nitrogens is 2. The van der Waals surface area contributed by atoms with Gasteiger partial charge in [0.05, 0.1) is 29.0 Å². The number of morpholine rings is 1. The molecule has 0 saturated carbocycles. The summed E-state index contributed by atoms with van der Waals surface area (Å²) < 4.78 is 33.3. The van der Waals surface area contributed by atoms with Crippen LogP contribution in [-0.2, 0) is 21.3 Å². The largest absolute Gasteiger partial charge is 0.379 e. The number of fused-ring (bicyclic) bond motifs is 1. The molecule has 2 aromatic carbocycles. The third-order valence-electron chi connectivity index (χ3n) is 4.74. The van der Waals surface area contributed by atoms with Crippen LogP contribution in [-0.4, -0.2) is 49.6 Å². The zero-order valence-corrected chi connectivity index (χ0v) is 16.3. The van der Waals surface area contributed by atoms with Crippen molar-refractivity contribution in [1.29, 1.82) is 0 Å². The molecule has 152 valence electrons. The predicted molar refractivity (Wildman–Crippen MR) is 109 cm³/mol. The molecule has 29 heavy (non-hydrogen) atoms. The summed E-state index contributed by atoms with van der Waals surface area (Å²) in [6, 6.07) is 11.1. The summed E-state index contributed by atoms with van der Waals surface area (Å²) >= 11 is 0. The number of nitrogens with zero attached hydrogens (tertiary/aromatic N) is 1. The van der Waals surface area contributed by atoms with Gasteiger partial charge in [-0.25, -0.2) is 13.2 Å². The van der Waals surface area contributed by atoms with Gasteiger partial charge in [0.15, 0.2) is 0 Å². The van der Waals surface area contributed by atoms with Gasteiger partial charge in [0.1, 0.15) is 0 Å². The number of aromatic amines is 2. The van der Waals surface area contributed by atoms with Crippen LogP contribution in [0, 0.1) is 0 Å². The van der Waals surface area contributed by atoms with Gasteiger partial charge in [-0.1, -0.05) is 12.1 Å². The van der Waals surface area contributed by atoms with E-state index in [0.717, 1.165) is 38.4 Å². The average molecular weight is 416 g/mol. The van der Waals surface area contributed by atoms with Crippen molar-refractivity contribution in [2.24, 2.45) is 0 Å². The molecule has 4 rings (SSSR count). The zero-order valence-electron chi connectivity index (χ0n) is 15.5. The number of aromatic nitrogens is 2. The van der Waals surface area contributed by atoms with Crippen LogP contribution in [0.4, 0.5) is 5.69 Å². The number of benzene rings is 2. The smallest absolute Gasteiger partial charge is 0.326 e. The Hall–Kier alpha value is -2.95. The van der Waals surface area contributed by atoms with Crippen molar-refractivity contribution < 1.29 is 13.2 Å². The van der Waals surface area contributed by atoms with Gasteiger partial charge in [-0.05, 0) is 35.9 Å². The fraction of sp³-hybridized carbons (Fsp3) is 0.263. The first-order valence-corrected chi connectivity index (χ1v) is 10.6. The van der Waals surface area contributed by atoms with Crippen LogP contribution in [0.15, 0.2) is 56.9 Å². The third-order valence-corrected chi connectivity index (χ3v) is 6.12. The van der Waals surface area contributed by atoms with Crippen molar-refractivity contribution in [3.63, 3.8) is 0 Å². The van der Waals surface area contributed by atoms with Gasteiger partial charge in [0, 0.05) is 25.3 Å². The van der Waals surface area contributed by atoms with E-state index in [1.165, 1.54) is 18.2 Å². The summed E-state index contributed by atoms with van der Waals surface area (Å²) in [4.78, 5) is 30.0. The van der Waals surface area contributed by atoms with E-state index < -0.39 is 21.3 Å². The molecule has 0 radical (unpaired) electrons. The van der Waals surface area contributed by atoms with E-state index in [0.29, 0.717) is 5.69 Å². The molecule has 1 saturated heterocycles. The van der Waals surface area contributed by atoms with Crippen LogP contribution in [0.3, 0.4) is 0 Å². The Morgan fingerprint density at radius 1 is 1.00 bits per heavy atom. The molecule has 0 amide bonds. The molecule has 0 bridgehead atoms. The van der Waals surface area contributed by atoms with Crippen molar-refractivity contribution >= 4 is 26.6 Å². The van der Waals surface area contributed by atoms with E-state index in [4.69, 9.17) is 4.74 Å². The number of hydrogen-bond acceptors (Lipinski definition) is 6. The molecule has 10 heteroatoms. The van der Waals surface area contributed by atoms with Crippen LogP contribution >= 0.6 is 0 Å². The lowest BCUT2D eigenvalue weighted by atomic mass is 10.2. The molecule has 0 aliphatic carbocycles. The summed E-state index contributed by atoms with van der Waals surface area (Å²) in [6.07, 6.45) is 0. The minimum absolute atomic E-state index is 0.0695. The second-order valence-corrected chi connectivity index (χ2v) is 8.49. The Balaban J connectivity index is 1.53. The Morgan fingerprint density at radius 2 is 1.72 bits per heavy atom. The van der Waals surface area contributed by atoms with Crippen LogP contribution < -0.4 is 16.0 Å². The molecular weight excluding hydrogens is 396 g/mol. The summed E-state index contributed by atoms with van der Waals surface area (Å²) in [6.45, 7) is 3.98. The molecular formula is C19H20N4O5S. The lowest BCUT2D eigenvalue weighted by molar-refractivity contribution is 0.0342. The normalized spacial score (nSPS) is 15.4. The SMILES string of the molecule is O=c1[nH]c(=O)c2cc(S(=O)(=O)Nc3ccc(CN4CCOCC4)cc3)ccc2[nH]1. The van der Waals surface area contributed by atoms with Crippen molar-refractivity contribution in [2.45, 2.75) is 11.4 Å². The molecule has 0 unspecified atom stereocenters. The molecule has 2 heterocycles. The number of ether oxygens (including phenoxy) is 1. The maximum atomic E-state index is 12.7. The first kappa shape index (κ1) is 19.4. The minimum Gasteiger partial charge on any atom is -0.379 e. The van der Waals surface area contributed by atoms with Crippen molar-refractivity contribution in [3.8, 4) is 0 Å². The summed E-state index contributed by atoms with van der Waals surface area (Å²) in [5.41, 5.74) is 0.481. The molecule has 0 spiro atoms. The molecule has 1 aliphatic heterocycles. The fourth-order valence-electron chi connectivity index (χ4n) is 3.22. The van der Waals surface area contributed by atoms with Gasteiger partial charge in [-0.15, -0.1) is 0 Å². The first-order valence-electron chi connectivity index (χ1n) is 9.09. The monoisotopic (exact) mass is 416 g/mol. The van der Waals surface area contributed by atoms with Gasteiger partial charge in [-0.3, -0.25) is 19.4 Å². The number of anilines is 1. The molecule has 3 N–H and O–H groups in total. The molecule has 1 aromatic heterocycles. The van der Waals surface area contributed by atoms with E-state index in [1.807, 2.05) is 12.1 Å². The fourth-order valence-corrected chi connectivity index (χ4v) is 4.31. The predicted octanol–water partition coefficient (Wildman–Crippen LogP) is 0.849. The lowest BCUT2D eigenvalue weighted by Crippen LogP contribution is -2.35. The quantitative estimate of drug-likeness (QED) is 0.566. The minimum atomic E-state index is -3.89. The standard InChI is InChI=1S/C19H20N4O5S/c24-18-16-11-15(5-6-17(16)20-19(25)21-18)29(26,27)22-14-3-1-13(2-4-14)12-23-7-9-28-10-8-23/h1-6,11,22H,7-10,12H2,(H2,20,21,24,25). The molecule has 3 aromatic rings. The van der Waals surface area contributed by atoms with E-state index >= 15 is 0 Å². The third kappa shape index (κ3) is 4.39. The number of hydrogen-bond donors (Lipinski definition) is 3. The lowest BCUT2D eigenvalue weighted by Gasteiger charge is -2.26. The van der Waals surface area contributed by atoms with E-state index in [9.17, 15) is 18.0 Å². The Bertz CT molecular complexity index is 1240. The van der Waals surface area contributed by atoms with Gasteiger partial charge in [0.2, 0.25) is 0 Å². The highest BCUT2D eigenvalue weighted by atomic mass is 32.2. The molecule has 1 aliphatic rings. The first-order chi connectivity index (χ1) is 13.9. The van der Waals surface area contributed by atoms with Crippen LogP contribution in [0.2, 0.25) is 0 Å². The highest BCUT2D eigenvalue weighted by Crippen LogP contribution is 2.19. The highest BCUT2D eigenvalue weighted by Gasteiger charge is 2.16. The highest BCUT2D eigenvalue weighted by molar-refractivity contribution is 7.92. The maximum Gasteiger partial charge on any atom is 0.326 e. The van der Waals surface area contributed by atoms with Gasteiger partial charge >= 0.3 is 5.69 Å². The Morgan fingerprint density at radius 3 is 2.45 bits per heavy atom. The summed E-state index contributed by atoms with van der Waals surface area (Å²) in [7, 11) is -3.89. The topological polar surface area (TPSA) is 124 Å².